The Labute approximate surface area is 109 Å². The molecule has 0 aliphatic rings. The van der Waals surface area contributed by atoms with Gasteiger partial charge in [0.15, 0.2) is 0 Å². The van der Waals surface area contributed by atoms with Crippen LogP contribution in [0.3, 0.4) is 0 Å². The maximum Gasteiger partial charge on any atom is 0.142 e. The number of benzene rings is 1. The molecule has 6 heteroatoms. The van der Waals surface area contributed by atoms with Crippen LogP contribution in [0, 0.1) is 0 Å². The largest absolute Gasteiger partial charge is 0.485 e. The lowest BCUT2D eigenvalue weighted by Gasteiger charge is -2.10. The monoisotopic (exact) mass is 271 g/mol. The van der Waals surface area contributed by atoms with E-state index < -0.39 is 0 Å². The van der Waals surface area contributed by atoms with E-state index in [0.717, 1.165) is 11.3 Å². The predicted octanol–water partition coefficient (Wildman–Crippen LogP) is 2.79. The van der Waals surface area contributed by atoms with E-state index in [9.17, 15) is 0 Å². The normalized spacial score (nSPS) is 10.5. The Bertz CT molecular complexity index is 513. The van der Waals surface area contributed by atoms with Crippen molar-refractivity contribution in [2.24, 2.45) is 7.05 Å². The maximum absolute atomic E-state index is 6.05. The van der Waals surface area contributed by atoms with Crippen molar-refractivity contribution in [1.29, 1.82) is 0 Å². The van der Waals surface area contributed by atoms with E-state index in [0.29, 0.717) is 23.3 Å². The highest BCUT2D eigenvalue weighted by Gasteiger charge is 2.08. The molecule has 1 aromatic heterocycles. The van der Waals surface area contributed by atoms with Crippen LogP contribution in [0.5, 0.6) is 5.75 Å². The van der Waals surface area contributed by atoms with Gasteiger partial charge in [-0.05, 0) is 6.07 Å². The molecule has 17 heavy (non-hydrogen) atoms. The first-order chi connectivity index (χ1) is 8.20. The summed E-state index contributed by atoms with van der Waals surface area (Å²) < 4.78 is 7.24. The Morgan fingerprint density at radius 3 is 2.88 bits per heavy atom. The minimum Gasteiger partial charge on any atom is -0.485 e. The number of hydrogen-bond acceptors (Lipinski definition) is 3. The number of aryl methyl sites for hydroxylation is 1. The minimum atomic E-state index is 0.321. The van der Waals surface area contributed by atoms with Crippen LogP contribution in [0.25, 0.3) is 0 Å². The molecule has 0 saturated carbocycles. The summed E-state index contributed by atoms with van der Waals surface area (Å²) in [4.78, 5) is 0. The first-order valence-corrected chi connectivity index (χ1v) is 5.93. The fraction of sp³-hybridized carbons (Fsp3) is 0.273. The SMILES string of the molecule is Cn1cc(COc2c(Cl)cccc2CCl)nn1. The van der Waals surface area contributed by atoms with Crippen molar-refractivity contribution < 1.29 is 4.74 Å². The van der Waals surface area contributed by atoms with Gasteiger partial charge in [-0.2, -0.15) is 0 Å². The van der Waals surface area contributed by atoms with Gasteiger partial charge in [-0.15, -0.1) is 16.7 Å². The summed E-state index contributed by atoms with van der Waals surface area (Å²) in [5.74, 6) is 0.964. The summed E-state index contributed by atoms with van der Waals surface area (Å²) >= 11 is 11.9. The van der Waals surface area contributed by atoms with Crippen molar-refractivity contribution in [1.82, 2.24) is 15.0 Å². The number of aromatic nitrogens is 3. The third-order valence-electron chi connectivity index (χ3n) is 2.21. The number of para-hydroxylation sites is 1. The number of alkyl halides is 1. The quantitative estimate of drug-likeness (QED) is 0.803. The van der Waals surface area contributed by atoms with E-state index in [1.165, 1.54) is 0 Å². The van der Waals surface area contributed by atoms with Gasteiger partial charge in [-0.1, -0.05) is 28.9 Å². The highest BCUT2D eigenvalue weighted by atomic mass is 35.5. The highest BCUT2D eigenvalue weighted by Crippen LogP contribution is 2.30. The van der Waals surface area contributed by atoms with Crippen LogP contribution in [0.1, 0.15) is 11.3 Å². The fourth-order valence-electron chi connectivity index (χ4n) is 1.43. The standard InChI is InChI=1S/C11H11Cl2N3O/c1-16-6-9(14-15-16)7-17-11-8(5-12)3-2-4-10(11)13/h2-4,6H,5,7H2,1H3. The van der Waals surface area contributed by atoms with Crippen LogP contribution < -0.4 is 4.74 Å². The van der Waals surface area contributed by atoms with Crippen molar-refractivity contribution in [2.75, 3.05) is 0 Å². The van der Waals surface area contributed by atoms with Crippen molar-refractivity contribution in [3.05, 3.63) is 40.7 Å². The van der Waals surface area contributed by atoms with Crippen molar-refractivity contribution >= 4 is 23.2 Å². The van der Waals surface area contributed by atoms with E-state index in [1.54, 1.807) is 24.0 Å². The average molecular weight is 272 g/mol. The molecule has 0 amide bonds. The summed E-state index contributed by atoms with van der Waals surface area (Å²) in [7, 11) is 1.80. The molecule has 0 aliphatic heterocycles. The second-order valence-electron chi connectivity index (χ2n) is 3.53. The molecule has 0 unspecified atom stereocenters. The Morgan fingerprint density at radius 2 is 2.24 bits per heavy atom. The zero-order valence-corrected chi connectivity index (χ0v) is 10.7. The average Bonchev–Trinajstić information content (AvgIpc) is 2.73. The summed E-state index contributed by atoms with van der Waals surface area (Å²) in [6, 6.07) is 5.49. The van der Waals surface area contributed by atoms with Crippen LogP contribution in [0.4, 0.5) is 0 Å². The molecule has 0 spiro atoms. The summed E-state index contributed by atoms with van der Waals surface area (Å²) in [6.45, 7) is 0.321. The van der Waals surface area contributed by atoms with Gasteiger partial charge in [-0.25, -0.2) is 0 Å². The maximum atomic E-state index is 6.05. The lowest BCUT2D eigenvalue weighted by molar-refractivity contribution is 0.299. The van der Waals surface area contributed by atoms with Crippen molar-refractivity contribution in [2.45, 2.75) is 12.5 Å². The van der Waals surface area contributed by atoms with Crippen LogP contribution in [-0.2, 0) is 19.5 Å². The molecule has 2 rings (SSSR count). The molecule has 4 nitrogen and oxygen atoms in total. The molecule has 0 saturated heterocycles. The summed E-state index contributed by atoms with van der Waals surface area (Å²) in [6.07, 6.45) is 1.79. The van der Waals surface area contributed by atoms with E-state index >= 15 is 0 Å². The topological polar surface area (TPSA) is 39.9 Å². The summed E-state index contributed by atoms with van der Waals surface area (Å²) in [5, 5.41) is 8.30. The van der Waals surface area contributed by atoms with Gasteiger partial charge < -0.3 is 4.74 Å². The molecule has 0 fully saturated rings. The molecular weight excluding hydrogens is 261 g/mol. The first kappa shape index (κ1) is 12.2. The van der Waals surface area contributed by atoms with Gasteiger partial charge in [0.2, 0.25) is 0 Å². The van der Waals surface area contributed by atoms with E-state index in [4.69, 9.17) is 27.9 Å². The molecular formula is C11H11Cl2N3O. The lowest BCUT2D eigenvalue weighted by Crippen LogP contribution is -1.99. The molecule has 0 N–H and O–H groups in total. The number of halogens is 2. The molecule has 2 aromatic rings. The number of rotatable bonds is 4. The highest BCUT2D eigenvalue weighted by molar-refractivity contribution is 6.32. The second kappa shape index (κ2) is 5.38. The Morgan fingerprint density at radius 1 is 1.41 bits per heavy atom. The first-order valence-electron chi connectivity index (χ1n) is 5.02. The van der Waals surface area contributed by atoms with Gasteiger partial charge in [-0.3, -0.25) is 4.68 Å². The van der Waals surface area contributed by atoms with Gasteiger partial charge in [0.1, 0.15) is 18.1 Å². The number of hydrogen-bond donors (Lipinski definition) is 0. The molecule has 90 valence electrons. The van der Waals surface area contributed by atoms with E-state index in [-0.39, 0.29) is 0 Å². The molecule has 0 radical (unpaired) electrons. The molecule has 0 bridgehead atoms. The molecule has 0 atom stereocenters. The van der Waals surface area contributed by atoms with Gasteiger partial charge >= 0.3 is 0 Å². The molecule has 1 aromatic carbocycles. The zero-order valence-electron chi connectivity index (χ0n) is 9.23. The van der Waals surface area contributed by atoms with Gasteiger partial charge in [0.25, 0.3) is 0 Å². The zero-order chi connectivity index (χ0) is 12.3. The minimum absolute atomic E-state index is 0.321. The van der Waals surface area contributed by atoms with Crippen molar-refractivity contribution in [3.63, 3.8) is 0 Å². The smallest absolute Gasteiger partial charge is 0.142 e. The Kier molecular flexibility index (Phi) is 3.86. The van der Waals surface area contributed by atoms with Gasteiger partial charge in [0.05, 0.1) is 17.1 Å². The van der Waals surface area contributed by atoms with E-state index in [1.807, 2.05) is 12.1 Å². The van der Waals surface area contributed by atoms with Gasteiger partial charge in [0, 0.05) is 12.6 Å². The Balaban J connectivity index is 2.13. The van der Waals surface area contributed by atoms with Crippen LogP contribution in [0.15, 0.2) is 24.4 Å². The Hall–Kier alpha value is -1.26. The third-order valence-corrected chi connectivity index (χ3v) is 2.79. The fourth-order valence-corrected chi connectivity index (χ4v) is 1.89. The van der Waals surface area contributed by atoms with Crippen molar-refractivity contribution in [3.8, 4) is 5.75 Å². The molecule has 1 heterocycles. The predicted molar refractivity (Wildman–Crippen MR) is 66.3 cm³/mol. The van der Waals surface area contributed by atoms with E-state index in [2.05, 4.69) is 10.3 Å². The van der Waals surface area contributed by atoms with Crippen LogP contribution >= 0.6 is 23.2 Å². The number of ether oxygens (including phenoxy) is 1. The second-order valence-corrected chi connectivity index (χ2v) is 4.21. The van der Waals surface area contributed by atoms with Crippen LogP contribution in [0.2, 0.25) is 5.02 Å². The molecule has 0 aliphatic carbocycles. The van der Waals surface area contributed by atoms with Crippen LogP contribution in [-0.4, -0.2) is 15.0 Å². The third kappa shape index (κ3) is 2.90. The lowest BCUT2D eigenvalue weighted by atomic mass is 10.2. The summed E-state index contributed by atoms with van der Waals surface area (Å²) in [5.41, 5.74) is 1.61. The number of nitrogens with zero attached hydrogens (tertiary/aromatic N) is 3.